The van der Waals surface area contributed by atoms with Gasteiger partial charge in [-0.2, -0.15) is 0 Å². The molecule has 4 rings (SSSR count). The van der Waals surface area contributed by atoms with Gasteiger partial charge in [-0.1, -0.05) is 54.3 Å². The van der Waals surface area contributed by atoms with Crippen LogP contribution in [0.4, 0.5) is 9.18 Å². The van der Waals surface area contributed by atoms with Crippen LogP contribution in [0.15, 0.2) is 78.9 Å². The number of cyclic esters (lactones) is 1. The second-order valence-corrected chi connectivity index (χ2v) is 6.24. The monoisotopic (exact) mass is 357 g/mol. The van der Waals surface area contributed by atoms with Crippen molar-refractivity contribution >= 4 is 6.09 Å². The van der Waals surface area contributed by atoms with Crippen molar-refractivity contribution in [2.24, 2.45) is 0 Å². The minimum atomic E-state index is -0.518. The van der Waals surface area contributed by atoms with Crippen LogP contribution in [0.5, 0.6) is 0 Å². The first-order valence-corrected chi connectivity index (χ1v) is 8.59. The second kappa shape index (κ2) is 7.35. The lowest BCUT2D eigenvalue weighted by Crippen LogP contribution is -2.19. The van der Waals surface area contributed by atoms with Crippen molar-refractivity contribution in [2.45, 2.75) is 12.1 Å². The highest BCUT2D eigenvalue weighted by Gasteiger charge is 2.36. The van der Waals surface area contributed by atoms with Crippen LogP contribution >= 0.6 is 0 Å². The zero-order valence-corrected chi connectivity index (χ0v) is 14.4. The molecule has 132 valence electrons. The summed E-state index contributed by atoms with van der Waals surface area (Å²) in [6, 6.07) is 23.0. The molecule has 0 bridgehead atoms. The van der Waals surface area contributed by atoms with Crippen LogP contribution in [0.1, 0.15) is 34.4 Å². The van der Waals surface area contributed by atoms with E-state index >= 15 is 0 Å². The summed E-state index contributed by atoms with van der Waals surface area (Å²) in [6.45, 7) is 0. The van der Waals surface area contributed by atoms with Crippen LogP contribution in [0.3, 0.4) is 0 Å². The first-order chi connectivity index (χ1) is 13.2. The molecule has 27 heavy (non-hydrogen) atoms. The van der Waals surface area contributed by atoms with Crippen molar-refractivity contribution in [3.05, 3.63) is 107 Å². The molecular formula is C23H16FNO2. The Balaban J connectivity index is 1.63. The van der Waals surface area contributed by atoms with Gasteiger partial charge in [0.25, 0.3) is 0 Å². The summed E-state index contributed by atoms with van der Waals surface area (Å²) >= 11 is 0. The lowest BCUT2D eigenvalue weighted by atomic mass is 9.95. The van der Waals surface area contributed by atoms with Gasteiger partial charge in [0, 0.05) is 11.1 Å². The van der Waals surface area contributed by atoms with E-state index < -0.39 is 12.2 Å². The minimum Gasteiger partial charge on any atom is -0.439 e. The molecule has 1 fully saturated rings. The number of hydrogen-bond acceptors (Lipinski definition) is 2. The summed E-state index contributed by atoms with van der Waals surface area (Å²) in [5, 5.41) is 2.83. The molecule has 0 spiro atoms. The normalized spacial score (nSPS) is 18.2. The molecule has 1 saturated heterocycles. The summed E-state index contributed by atoms with van der Waals surface area (Å²) in [6.07, 6.45) is -1.01. The first-order valence-electron chi connectivity index (χ1n) is 8.59. The molecule has 0 saturated carbocycles. The molecule has 1 aliphatic rings. The topological polar surface area (TPSA) is 38.3 Å². The number of hydrogen-bond donors (Lipinski definition) is 1. The molecule has 1 amide bonds. The van der Waals surface area contributed by atoms with Gasteiger partial charge in [0.2, 0.25) is 0 Å². The predicted octanol–water partition coefficient (Wildman–Crippen LogP) is 4.75. The van der Waals surface area contributed by atoms with Crippen molar-refractivity contribution in [3.8, 4) is 11.8 Å². The van der Waals surface area contributed by atoms with Crippen LogP contribution in [-0.2, 0) is 4.74 Å². The van der Waals surface area contributed by atoms with Gasteiger partial charge in [0.15, 0.2) is 6.10 Å². The van der Waals surface area contributed by atoms with Gasteiger partial charge in [0.05, 0.1) is 6.04 Å². The molecule has 0 aromatic heterocycles. The summed E-state index contributed by atoms with van der Waals surface area (Å²) < 4.78 is 18.6. The van der Waals surface area contributed by atoms with E-state index in [1.807, 2.05) is 54.6 Å². The van der Waals surface area contributed by atoms with Crippen molar-refractivity contribution in [3.63, 3.8) is 0 Å². The number of halogens is 1. The van der Waals surface area contributed by atoms with Crippen LogP contribution in [0.2, 0.25) is 0 Å². The number of carbonyl (C=O) groups is 1. The molecule has 3 aromatic rings. The SMILES string of the molecule is O=C1N[C@@H](c2cccc(C#Cc3ccccc3)c2)[C@H](c2ccc(F)cc2)O1. The minimum absolute atomic E-state index is 0.328. The smallest absolute Gasteiger partial charge is 0.408 e. The molecule has 0 radical (unpaired) electrons. The predicted molar refractivity (Wildman–Crippen MR) is 100 cm³/mol. The summed E-state index contributed by atoms with van der Waals surface area (Å²) in [5.74, 6) is 5.94. The fourth-order valence-electron chi connectivity index (χ4n) is 3.07. The Morgan fingerprint density at radius 2 is 1.52 bits per heavy atom. The van der Waals surface area contributed by atoms with Crippen LogP contribution in [0, 0.1) is 17.7 Å². The Hall–Kier alpha value is -3.58. The number of ether oxygens (including phenoxy) is 1. The molecule has 3 nitrogen and oxygen atoms in total. The van der Waals surface area contributed by atoms with E-state index in [0.717, 1.165) is 22.3 Å². The number of amides is 1. The van der Waals surface area contributed by atoms with Gasteiger partial charge in [-0.05, 0) is 47.5 Å². The first kappa shape index (κ1) is 16.9. The van der Waals surface area contributed by atoms with E-state index in [9.17, 15) is 9.18 Å². The Morgan fingerprint density at radius 3 is 2.30 bits per heavy atom. The van der Waals surface area contributed by atoms with Gasteiger partial charge in [0.1, 0.15) is 5.82 Å². The van der Waals surface area contributed by atoms with Gasteiger partial charge >= 0.3 is 6.09 Å². The van der Waals surface area contributed by atoms with E-state index in [1.165, 1.54) is 12.1 Å². The Bertz CT molecular complexity index is 1020. The maximum atomic E-state index is 13.2. The zero-order chi connectivity index (χ0) is 18.6. The molecule has 1 N–H and O–H groups in total. The Kier molecular flexibility index (Phi) is 4.59. The Labute approximate surface area is 156 Å². The van der Waals surface area contributed by atoms with Gasteiger partial charge < -0.3 is 10.1 Å². The average Bonchev–Trinajstić information content (AvgIpc) is 3.10. The number of nitrogens with one attached hydrogen (secondary N) is 1. The van der Waals surface area contributed by atoms with Gasteiger partial charge in [-0.25, -0.2) is 9.18 Å². The fourth-order valence-corrected chi connectivity index (χ4v) is 3.07. The van der Waals surface area contributed by atoms with Gasteiger partial charge in [-0.3, -0.25) is 0 Å². The second-order valence-electron chi connectivity index (χ2n) is 6.24. The lowest BCUT2D eigenvalue weighted by Gasteiger charge is -2.18. The third-order valence-corrected chi connectivity index (χ3v) is 4.38. The highest BCUT2D eigenvalue weighted by atomic mass is 19.1. The maximum Gasteiger partial charge on any atom is 0.408 e. The van der Waals surface area contributed by atoms with E-state index in [-0.39, 0.29) is 11.9 Å². The molecule has 2 atom stereocenters. The molecular weight excluding hydrogens is 341 g/mol. The maximum absolute atomic E-state index is 13.2. The standard InChI is InChI=1S/C23H16FNO2/c24-20-13-11-18(12-14-20)22-21(25-23(26)27-22)19-8-4-7-17(15-19)10-9-16-5-2-1-3-6-16/h1-8,11-15,21-22H,(H,25,26)/t21-,22-/m0/s1. The van der Waals surface area contributed by atoms with Crippen molar-refractivity contribution in [1.29, 1.82) is 0 Å². The van der Waals surface area contributed by atoms with E-state index in [0.29, 0.717) is 0 Å². The molecule has 0 unspecified atom stereocenters. The van der Waals surface area contributed by atoms with Crippen molar-refractivity contribution in [1.82, 2.24) is 5.32 Å². The lowest BCUT2D eigenvalue weighted by molar-refractivity contribution is 0.132. The average molecular weight is 357 g/mol. The fraction of sp³-hybridized carbons (Fsp3) is 0.0870. The number of carbonyl (C=O) groups excluding carboxylic acids is 1. The highest BCUT2D eigenvalue weighted by molar-refractivity contribution is 5.71. The third-order valence-electron chi connectivity index (χ3n) is 4.38. The zero-order valence-electron chi connectivity index (χ0n) is 14.4. The van der Waals surface area contributed by atoms with Crippen LogP contribution in [-0.4, -0.2) is 6.09 Å². The van der Waals surface area contributed by atoms with E-state index in [2.05, 4.69) is 17.2 Å². The summed E-state index contributed by atoms with van der Waals surface area (Å²) in [7, 11) is 0. The van der Waals surface area contributed by atoms with E-state index in [4.69, 9.17) is 4.74 Å². The van der Waals surface area contributed by atoms with Crippen molar-refractivity contribution < 1.29 is 13.9 Å². The molecule has 1 heterocycles. The summed E-state index contributed by atoms with van der Waals surface area (Å²) in [4.78, 5) is 11.8. The van der Waals surface area contributed by atoms with Crippen LogP contribution in [0.25, 0.3) is 0 Å². The highest BCUT2D eigenvalue weighted by Crippen LogP contribution is 2.36. The third kappa shape index (κ3) is 3.83. The van der Waals surface area contributed by atoms with Crippen molar-refractivity contribution in [2.75, 3.05) is 0 Å². The number of benzene rings is 3. The number of alkyl carbamates (subject to hydrolysis) is 1. The molecule has 1 aliphatic heterocycles. The summed E-state index contributed by atoms with van der Waals surface area (Å²) in [5.41, 5.74) is 3.40. The molecule has 3 aromatic carbocycles. The van der Waals surface area contributed by atoms with Crippen LogP contribution < -0.4 is 5.32 Å². The number of rotatable bonds is 2. The molecule has 0 aliphatic carbocycles. The van der Waals surface area contributed by atoms with E-state index in [1.54, 1.807) is 12.1 Å². The Morgan fingerprint density at radius 1 is 0.815 bits per heavy atom. The quantitative estimate of drug-likeness (QED) is 0.672. The largest absolute Gasteiger partial charge is 0.439 e. The molecule has 4 heteroatoms. The van der Waals surface area contributed by atoms with Gasteiger partial charge in [-0.15, -0.1) is 0 Å².